The summed E-state index contributed by atoms with van der Waals surface area (Å²) in [5.41, 5.74) is 1.03. The Morgan fingerprint density at radius 1 is 1.45 bits per heavy atom. The van der Waals surface area contributed by atoms with Gasteiger partial charge in [0.2, 0.25) is 5.91 Å². The van der Waals surface area contributed by atoms with E-state index in [1.54, 1.807) is 7.11 Å². The third-order valence-corrected chi connectivity index (χ3v) is 3.31. The maximum atomic E-state index is 11.9. The third kappa shape index (κ3) is 6.21. The van der Waals surface area contributed by atoms with Crippen molar-refractivity contribution in [3.8, 4) is 0 Å². The van der Waals surface area contributed by atoms with Gasteiger partial charge in [-0.15, -0.1) is 0 Å². The Morgan fingerprint density at radius 2 is 2.20 bits per heavy atom. The van der Waals surface area contributed by atoms with Crippen molar-refractivity contribution in [1.82, 2.24) is 15.2 Å². The fourth-order valence-corrected chi connectivity index (χ4v) is 1.77. The van der Waals surface area contributed by atoms with Crippen molar-refractivity contribution < 1.29 is 9.53 Å². The predicted molar refractivity (Wildman–Crippen MR) is 80.5 cm³/mol. The molecule has 114 valence electrons. The zero-order valence-corrected chi connectivity index (χ0v) is 13.0. The first-order chi connectivity index (χ1) is 9.46. The van der Waals surface area contributed by atoms with Crippen LogP contribution in [-0.4, -0.2) is 36.3 Å². The van der Waals surface area contributed by atoms with Crippen molar-refractivity contribution in [2.24, 2.45) is 0 Å². The lowest BCUT2D eigenvalue weighted by Crippen LogP contribution is -2.44. The van der Waals surface area contributed by atoms with Crippen LogP contribution in [0.4, 0.5) is 0 Å². The zero-order chi connectivity index (χ0) is 15.0. The van der Waals surface area contributed by atoms with Gasteiger partial charge in [0.15, 0.2) is 0 Å². The van der Waals surface area contributed by atoms with Crippen LogP contribution in [0.15, 0.2) is 18.5 Å². The standard InChI is InChI=1S/C15H27N3O2/c1-5-15(2,3)17-14(19)12-18-8-6-13(11-18)10-16-7-9-20-4/h6,8,11,16H,5,7,9-10,12H2,1-4H3,(H,17,19). The van der Waals surface area contributed by atoms with E-state index in [9.17, 15) is 4.79 Å². The number of hydrogen-bond acceptors (Lipinski definition) is 3. The molecule has 1 aromatic heterocycles. The van der Waals surface area contributed by atoms with Gasteiger partial charge in [0, 0.05) is 38.1 Å². The van der Waals surface area contributed by atoms with Crippen LogP contribution in [0.3, 0.4) is 0 Å². The molecule has 2 N–H and O–H groups in total. The Bertz CT molecular complexity index is 413. The average Bonchev–Trinajstić information content (AvgIpc) is 2.81. The molecular weight excluding hydrogens is 254 g/mol. The Hall–Kier alpha value is -1.33. The maximum absolute atomic E-state index is 11.9. The lowest BCUT2D eigenvalue weighted by Gasteiger charge is -2.24. The van der Waals surface area contributed by atoms with E-state index >= 15 is 0 Å². The van der Waals surface area contributed by atoms with E-state index in [1.165, 1.54) is 5.56 Å². The number of nitrogens with one attached hydrogen (secondary N) is 2. The number of nitrogens with zero attached hydrogens (tertiary/aromatic N) is 1. The highest BCUT2D eigenvalue weighted by atomic mass is 16.5. The van der Waals surface area contributed by atoms with Gasteiger partial charge in [-0.2, -0.15) is 0 Å². The third-order valence-electron chi connectivity index (χ3n) is 3.31. The fourth-order valence-electron chi connectivity index (χ4n) is 1.77. The Kier molecular flexibility index (Phi) is 6.75. The minimum Gasteiger partial charge on any atom is -0.383 e. The van der Waals surface area contributed by atoms with Crippen molar-refractivity contribution >= 4 is 5.91 Å². The summed E-state index contributed by atoms with van der Waals surface area (Å²) in [6.07, 6.45) is 4.85. The predicted octanol–water partition coefficient (Wildman–Crippen LogP) is 1.53. The molecule has 1 amide bonds. The molecule has 0 aliphatic carbocycles. The van der Waals surface area contributed by atoms with Gasteiger partial charge in [0.05, 0.1) is 6.61 Å². The van der Waals surface area contributed by atoms with Gasteiger partial charge in [-0.3, -0.25) is 4.79 Å². The summed E-state index contributed by atoms with van der Waals surface area (Å²) in [7, 11) is 1.69. The number of rotatable bonds is 9. The Morgan fingerprint density at radius 3 is 2.85 bits per heavy atom. The smallest absolute Gasteiger partial charge is 0.240 e. The number of amides is 1. The summed E-state index contributed by atoms with van der Waals surface area (Å²) in [5.74, 6) is 0.0475. The normalized spacial score (nSPS) is 11.6. The van der Waals surface area contributed by atoms with Crippen molar-refractivity contribution in [3.05, 3.63) is 24.0 Å². The molecule has 1 rings (SSSR count). The first-order valence-corrected chi connectivity index (χ1v) is 7.12. The van der Waals surface area contributed by atoms with Crippen LogP contribution in [-0.2, 0) is 22.6 Å². The number of carbonyl (C=O) groups is 1. The summed E-state index contributed by atoms with van der Waals surface area (Å²) >= 11 is 0. The lowest BCUT2D eigenvalue weighted by atomic mass is 10.0. The molecule has 0 saturated heterocycles. The highest BCUT2D eigenvalue weighted by Gasteiger charge is 2.17. The number of hydrogen-bond donors (Lipinski definition) is 2. The van der Waals surface area contributed by atoms with Crippen LogP contribution >= 0.6 is 0 Å². The number of aromatic nitrogens is 1. The molecular formula is C15H27N3O2. The molecule has 0 aromatic carbocycles. The van der Waals surface area contributed by atoms with E-state index in [4.69, 9.17) is 4.74 Å². The van der Waals surface area contributed by atoms with Crippen LogP contribution < -0.4 is 10.6 Å². The van der Waals surface area contributed by atoms with Gasteiger partial charge in [-0.25, -0.2) is 0 Å². The largest absolute Gasteiger partial charge is 0.383 e. The molecule has 0 unspecified atom stereocenters. The van der Waals surface area contributed by atoms with E-state index in [-0.39, 0.29) is 11.4 Å². The van der Waals surface area contributed by atoms with E-state index in [1.807, 2.05) is 36.9 Å². The highest BCUT2D eigenvalue weighted by Crippen LogP contribution is 2.07. The van der Waals surface area contributed by atoms with Crippen LogP contribution in [0.1, 0.15) is 32.8 Å². The Balaban J connectivity index is 2.38. The topological polar surface area (TPSA) is 55.3 Å². The van der Waals surface area contributed by atoms with E-state index in [0.29, 0.717) is 13.2 Å². The molecule has 5 heteroatoms. The van der Waals surface area contributed by atoms with Crippen molar-refractivity contribution in [1.29, 1.82) is 0 Å². The van der Waals surface area contributed by atoms with Gasteiger partial charge in [-0.05, 0) is 31.9 Å². The zero-order valence-electron chi connectivity index (χ0n) is 13.0. The minimum atomic E-state index is -0.144. The minimum absolute atomic E-state index is 0.0475. The number of ether oxygens (including phenoxy) is 1. The molecule has 0 bridgehead atoms. The molecule has 0 atom stereocenters. The molecule has 0 aliphatic heterocycles. The molecule has 0 radical (unpaired) electrons. The van der Waals surface area contributed by atoms with E-state index in [2.05, 4.69) is 17.6 Å². The molecule has 0 aliphatic rings. The van der Waals surface area contributed by atoms with Crippen LogP contribution in [0.25, 0.3) is 0 Å². The Labute approximate surface area is 121 Å². The summed E-state index contributed by atoms with van der Waals surface area (Å²) in [6, 6.07) is 2.03. The summed E-state index contributed by atoms with van der Waals surface area (Å²) in [5, 5.41) is 6.31. The number of methoxy groups -OCH3 is 1. The maximum Gasteiger partial charge on any atom is 0.240 e. The molecule has 1 heterocycles. The average molecular weight is 281 g/mol. The SMILES string of the molecule is CCC(C)(C)NC(=O)Cn1ccc(CNCCOC)c1. The second kappa shape index (κ2) is 8.07. The molecule has 5 nitrogen and oxygen atoms in total. The fraction of sp³-hybridized carbons (Fsp3) is 0.667. The van der Waals surface area contributed by atoms with Crippen molar-refractivity contribution in [2.75, 3.05) is 20.3 Å². The van der Waals surface area contributed by atoms with Gasteiger partial charge in [-0.1, -0.05) is 6.92 Å². The van der Waals surface area contributed by atoms with Gasteiger partial charge < -0.3 is 19.9 Å². The van der Waals surface area contributed by atoms with Crippen LogP contribution in [0.5, 0.6) is 0 Å². The van der Waals surface area contributed by atoms with Crippen molar-refractivity contribution in [2.45, 2.75) is 45.8 Å². The summed E-state index contributed by atoms with van der Waals surface area (Å²) < 4.78 is 6.89. The van der Waals surface area contributed by atoms with E-state index in [0.717, 1.165) is 19.5 Å². The quantitative estimate of drug-likeness (QED) is 0.675. The summed E-state index contributed by atoms with van der Waals surface area (Å²) in [6.45, 7) is 8.82. The first kappa shape index (κ1) is 16.7. The number of carbonyl (C=O) groups excluding carboxylic acids is 1. The van der Waals surface area contributed by atoms with Gasteiger partial charge in [0.1, 0.15) is 6.54 Å². The van der Waals surface area contributed by atoms with Gasteiger partial charge in [0.25, 0.3) is 0 Å². The highest BCUT2D eigenvalue weighted by molar-refractivity contribution is 5.76. The monoisotopic (exact) mass is 281 g/mol. The molecule has 20 heavy (non-hydrogen) atoms. The van der Waals surface area contributed by atoms with Crippen molar-refractivity contribution in [3.63, 3.8) is 0 Å². The van der Waals surface area contributed by atoms with Crippen LogP contribution in [0, 0.1) is 0 Å². The molecule has 1 aromatic rings. The first-order valence-electron chi connectivity index (χ1n) is 7.12. The van der Waals surface area contributed by atoms with E-state index < -0.39 is 0 Å². The lowest BCUT2D eigenvalue weighted by molar-refractivity contribution is -0.123. The molecule has 0 saturated carbocycles. The van der Waals surface area contributed by atoms with Crippen LogP contribution in [0.2, 0.25) is 0 Å². The summed E-state index contributed by atoms with van der Waals surface area (Å²) in [4.78, 5) is 11.9. The molecule has 0 spiro atoms. The second-order valence-corrected chi connectivity index (χ2v) is 5.65. The second-order valence-electron chi connectivity index (χ2n) is 5.65. The van der Waals surface area contributed by atoms with Gasteiger partial charge >= 0.3 is 0 Å². The molecule has 0 fully saturated rings.